The molecule has 1 aromatic carbocycles. The Balaban J connectivity index is 1.93. The lowest BCUT2D eigenvalue weighted by molar-refractivity contribution is -0.0965. The lowest BCUT2D eigenvalue weighted by Crippen LogP contribution is -2.48. The summed E-state index contributed by atoms with van der Waals surface area (Å²) in [7, 11) is -3.72. The van der Waals surface area contributed by atoms with Gasteiger partial charge in [-0.3, -0.25) is 0 Å². The molecule has 0 spiro atoms. The lowest BCUT2D eigenvalue weighted by Gasteiger charge is -2.38. The van der Waals surface area contributed by atoms with Crippen molar-refractivity contribution in [3.63, 3.8) is 0 Å². The minimum Gasteiger partial charge on any atom is -0.478 e. The summed E-state index contributed by atoms with van der Waals surface area (Å²) in [6.45, 7) is 3.31. The van der Waals surface area contributed by atoms with Gasteiger partial charge in [0.1, 0.15) is 0 Å². The van der Waals surface area contributed by atoms with Crippen LogP contribution in [0.3, 0.4) is 0 Å². The van der Waals surface area contributed by atoms with Gasteiger partial charge in [-0.25, -0.2) is 17.9 Å². The molecule has 120 valence electrons. The van der Waals surface area contributed by atoms with Crippen molar-refractivity contribution < 1.29 is 23.1 Å². The smallest absolute Gasteiger partial charge is 0.335 e. The summed E-state index contributed by atoms with van der Waals surface area (Å²) >= 11 is 0. The predicted molar refractivity (Wildman–Crippen MR) is 79.5 cm³/mol. The Hall–Kier alpha value is -1.44. The highest BCUT2D eigenvalue weighted by molar-refractivity contribution is 7.89. The quantitative estimate of drug-likeness (QED) is 0.848. The lowest BCUT2D eigenvalue weighted by atomic mass is 9.89. The normalized spacial score (nSPS) is 19.5. The largest absolute Gasteiger partial charge is 0.478 e. The summed E-state index contributed by atoms with van der Waals surface area (Å²) in [4.78, 5) is 11.3. The van der Waals surface area contributed by atoms with Crippen LogP contribution in [0.5, 0.6) is 0 Å². The van der Waals surface area contributed by atoms with Crippen LogP contribution in [0.1, 0.15) is 34.8 Å². The topological polar surface area (TPSA) is 92.7 Å². The van der Waals surface area contributed by atoms with Gasteiger partial charge in [-0.2, -0.15) is 0 Å². The number of hydrogen-bond acceptors (Lipinski definition) is 4. The molecule has 1 fully saturated rings. The summed E-state index contributed by atoms with van der Waals surface area (Å²) < 4.78 is 33.0. The first-order valence-electron chi connectivity index (χ1n) is 7.27. The number of fused-ring (bicyclic) bond motifs is 1. The van der Waals surface area contributed by atoms with Crippen LogP contribution in [0.4, 0.5) is 0 Å². The number of aryl methyl sites for hydroxylation is 1. The number of ether oxygens (including phenoxy) is 1. The average Bonchev–Trinajstić information content (AvgIpc) is 2.90. The molecule has 6 nitrogen and oxygen atoms in total. The van der Waals surface area contributed by atoms with Gasteiger partial charge in [-0.1, -0.05) is 6.92 Å². The van der Waals surface area contributed by atoms with E-state index in [-0.39, 0.29) is 15.9 Å². The van der Waals surface area contributed by atoms with Gasteiger partial charge < -0.3 is 9.84 Å². The number of carboxylic acid groups (broad SMARTS) is 1. The highest BCUT2D eigenvalue weighted by atomic mass is 32.2. The second-order valence-electron chi connectivity index (χ2n) is 6.40. The van der Waals surface area contributed by atoms with Gasteiger partial charge in [0, 0.05) is 12.0 Å². The Kier molecular flexibility index (Phi) is 3.74. The van der Waals surface area contributed by atoms with E-state index in [4.69, 9.17) is 4.74 Å². The van der Waals surface area contributed by atoms with Crippen molar-refractivity contribution in [1.29, 1.82) is 0 Å². The molecule has 0 bridgehead atoms. The monoisotopic (exact) mass is 325 g/mol. The zero-order chi connectivity index (χ0) is 16.0. The van der Waals surface area contributed by atoms with Gasteiger partial charge in [0.25, 0.3) is 0 Å². The maximum absolute atomic E-state index is 12.6. The van der Waals surface area contributed by atoms with Crippen molar-refractivity contribution in [3.05, 3.63) is 28.8 Å². The fourth-order valence-corrected chi connectivity index (χ4v) is 4.46. The number of nitrogens with one attached hydrogen (secondary N) is 1. The summed E-state index contributed by atoms with van der Waals surface area (Å²) in [5.41, 5.74) is 1.44. The summed E-state index contributed by atoms with van der Waals surface area (Å²) in [5, 5.41) is 9.18. The number of carbonyl (C=O) groups is 1. The van der Waals surface area contributed by atoms with Gasteiger partial charge in [0.05, 0.1) is 23.7 Å². The van der Waals surface area contributed by atoms with Crippen molar-refractivity contribution in [2.45, 2.75) is 31.1 Å². The molecule has 2 N–H and O–H groups in total. The molecule has 1 aromatic rings. The molecule has 22 heavy (non-hydrogen) atoms. The number of hydrogen-bond donors (Lipinski definition) is 2. The predicted octanol–water partition coefficient (Wildman–Crippen LogP) is 1.19. The number of carboxylic acids is 1. The van der Waals surface area contributed by atoms with E-state index >= 15 is 0 Å². The molecule has 0 amide bonds. The van der Waals surface area contributed by atoms with E-state index in [1.165, 1.54) is 6.07 Å². The summed E-state index contributed by atoms with van der Waals surface area (Å²) in [6.07, 6.45) is 2.25. The Morgan fingerprint density at radius 2 is 2.09 bits per heavy atom. The van der Waals surface area contributed by atoms with Crippen molar-refractivity contribution >= 4 is 16.0 Å². The highest BCUT2D eigenvalue weighted by Crippen LogP contribution is 2.31. The average molecular weight is 325 g/mol. The van der Waals surface area contributed by atoms with E-state index in [0.717, 1.165) is 24.0 Å². The zero-order valence-electron chi connectivity index (χ0n) is 12.4. The minimum atomic E-state index is -3.72. The third kappa shape index (κ3) is 2.76. The molecule has 2 aliphatic rings. The van der Waals surface area contributed by atoms with Crippen LogP contribution in [0, 0.1) is 5.41 Å². The third-order valence-electron chi connectivity index (χ3n) is 4.30. The Bertz CT molecular complexity index is 722. The molecule has 0 radical (unpaired) electrons. The molecule has 1 aliphatic heterocycles. The van der Waals surface area contributed by atoms with Crippen LogP contribution in [0.15, 0.2) is 17.0 Å². The molecule has 7 heteroatoms. The SMILES string of the molecule is CC1(CNS(=O)(=O)c2cc(C(=O)O)cc3c2CCC3)COC1. The van der Waals surface area contributed by atoms with E-state index in [1.54, 1.807) is 6.07 Å². The maximum Gasteiger partial charge on any atom is 0.335 e. The third-order valence-corrected chi connectivity index (χ3v) is 5.77. The highest BCUT2D eigenvalue weighted by Gasteiger charge is 2.35. The molecule has 1 saturated heterocycles. The first kappa shape index (κ1) is 15.5. The molecule has 1 heterocycles. The van der Waals surface area contributed by atoms with Crippen LogP contribution < -0.4 is 4.72 Å². The molecule has 1 aliphatic carbocycles. The summed E-state index contributed by atoms with van der Waals surface area (Å²) in [5.74, 6) is -1.11. The fourth-order valence-electron chi connectivity index (χ4n) is 2.93. The van der Waals surface area contributed by atoms with E-state index in [2.05, 4.69) is 4.72 Å². The zero-order valence-corrected chi connectivity index (χ0v) is 13.2. The van der Waals surface area contributed by atoms with Gasteiger partial charge >= 0.3 is 5.97 Å². The number of rotatable bonds is 5. The summed E-state index contributed by atoms with van der Waals surface area (Å²) in [6, 6.07) is 2.86. The van der Waals surface area contributed by atoms with Crippen LogP contribution in [0.2, 0.25) is 0 Å². The second-order valence-corrected chi connectivity index (χ2v) is 8.13. The Morgan fingerprint density at radius 1 is 1.36 bits per heavy atom. The molecular formula is C15H19NO5S. The molecule has 0 unspecified atom stereocenters. The molecular weight excluding hydrogens is 306 g/mol. The van der Waals surface area contributed by atoms with Crippen LogP contribution in [-0.4, -0.2) is 39.3 Å². The van der Waals surface area contributed by atoms with Gasteiger partial charge in [0.15, 0.2) is 0 Å². The van der Waals surface area contributed by atoms with Crippen molar-refractivity contribution in [3.8, 4) is 0 Å². The number of aromatic carboxylic acids is 1. The van der Waals surface area contributed by atoms with E-state index in [1.807, 2.05) is 6.92 Å². The van der Waals surface area contributed by atoms with Crippen molar-refractivity contribution in [1.82, 2.24) is 4.72 Å². The van der Waals surface area contributed by atoms with Gasteiger partial charge in [-0.05, 0) is 42.5 Å². The van der Waals surface area contributed by atoms with Crippen molar-refractivity contribution in [2.75, 3.05) is 19.8 Å². The Morgan fingerprint density at radius 3 is 2.68 bits per heavy atom. The number of benzene rings is 1. The van der Waals surface area contributed by atoms with E-state index in [0.29, 0.717) is 26.2 Å². The first-order valence-corrected chi connectivity index (χ1v) is 8.76. The Labute approximate surface area is 129 Å². The minimum absolute atomic E-state index is 0.0271. The maximum atomic E-state index is 12.6. The van der Waals surface area contributed by atoms with Crippen LogP contribution in [0.25, 0.3) is 0 Å². The first-order chi connectivity index (χ1) is 10.3. The van der Waals surface area contributed by atoms with Gasteiger partial charge in [0.2, 0.25) is 10.0 Å². The fraction of sp³-hybridized carbons (Fsp3) is 0.533. The van der Waals surface area contributed by atoms with Crippen LogP contribution in [-0.2, 0) is 27.6 Å². The van der Waals surface area contributed by atoms with E-state index < -0.39 is 16.0 Å². The molecule has 0 saturated carbocycles. The van der Waals surface area contributed by atoms with Crippen molar-refractivity contribution in [2.24, 2.45) is 5.41 Å². The second kappa shape index (κ2) is 5.33. The van der Waals surface area contributed by atoms with E-state index in [9.17, 15) is 18.3 Å². The molecule has 0 atom stereocenters. The molecule has 0 aromatic heterocycles. The van der Waals surface area contributed by atoms with Gasteiger partial charge in [-0.15, -0.1) is 0 Å². The molecule has 3 rings (SSSR count). The van der Waals surface area contributed by atoms with Crippen LogP contribution >= 0.6 is 0 Å². The number of sulfonamides is 1. The standard InChI is InChI=1S/C15H19NO5S/c1-15(8-21-9-15)7-16-22(19,20)13-6-11(14(17)18)5-10-3-2-4-12(10)13/h5-6,16H,2-4,7-9H2,1H3,(H,17,18).